The first-order valence-electron chi connectivity index (χ1n) is 6.68. The first kappa shape index (κ1) is 12.3. The van der Waals surface area contributed by atoms with Crippen LogP contribution in [0.2, 0.25) is 0 Å². The van der Waals surface area contributed by atoms with Crippen LogP contribution in [-0.4, -0.2) is 38.5 Å². The Hall–Kier alpha value is -0.120. The molecule has 1 N–H and O–H groups in total. The Labute approximate surface area is 98.9 Å². The monoisotopic (exact) mass is 227 g/mol. The van der Waals surface area contributed by atoms with E-state index in [1.807, 2.05) is 0 Å². The first-order chi connectivity index (χ1) is 7.74. The summed E-state index contributed by atoms with van der Waals surface area (Å²) in [5, 5.41) is 3.48. The predicted octanol–water partition coefficient (Wildman–Crippen LogP) is 1.96. The molecular weight excluding hydrogens is 202 g/mol. The Kier molecular flexibility index (Phi) is 4.22. The molecule has 0 amide bonds. The summed E-state index contributed by atoms with van der Waals surface area (Å²) in [7, 11) is 0. The maximum atomic E-state index is 5.94. The molecule has 2 rings (SSSR count). The molecular formula is C13H25NO2. The molecule has 0 aromatic heterocycles. The standard InChI is InChI=1S/C13H25NO2/c1-3-14-9-13(6-7-15-10-13)8-12-5-4-11(2)16-12/h11-12,14H,3-10H2,1-2H3. The Morgan fingerprint density at radius 2 is 2.25 bits per heavy atom. The van der Waals surface area contributed by atoms with Gasteiger partial charge in [-0.25, -0.2) is 0 Å². The van der Waals surface area contributed by atoms with Crippen LogP contribution in [0.3, 0.4) is 0 Å². The van der Waals surface area contributed by atoms with Crippen LogP contribution in [0.15, 0.2) is 0 Å². The predicted molar refractivity (Wildman–Crippen MR) is 64.6 cm³/mol. The summed E-state index contributed by atoms with van der Waals surface area (Å²) in [4.78, 5) is 0. The van der Waals surface area contributed by atoms with Gasteiger partial charge in [-0.1, -0.05) is 6.92 Å². The fraction of sp³-hybridized carbons (Fsp3) is 1.00. The molecule has 0 spiro atoms. The van der Waals surface area contributed by atoms with E-state index >= 15 is 0 Å². The van der Waals surface area contributed by atoms with Crippen molar-refractivity contribution in [3.63, 3.8) is 0 Å². The van der Waals surface area contributed by atoms with Gasteiger partial charge in [0.1, 0.15) is 0 Å². The normalized spacial score (nSPS) is 39.4. The van der Waals surface area contributed by atoms with Crippen LogP contribution in [-0.2, 0) is 9.47 Å². The lowest BCUT2D eigenvalue weighted by Gasteiger charge is -2.30. The zero-order valence-electron chi connectivity index (χ0n) is 10.6. The van der Waals surface area contributed by atoms with Crippen LogP contribution >= 0.6 is 0 Å². The van der Waals surface area contributed by atoms with E-state index in [1.165, 1.54) is 25.7 Å². The van der Waals surface area contributed by atoms with Gasteiger partial charge in [0.15, 0.2) is 0 Å². The zero-order chi connectivity index (χ0) is 11.4. The van der Waals surface area contributed by atoms with E-state index in [0.29, 0.717) is 17.6 Å². The van der Waals surface area contributed by atoms with Gasteiger partial charge < -0.3 is 14.8 Å². The molecule has 0 bridgehead atoms. The van der Waals surface area contributed by atoms with E-state index in [-0.39, 0.29) is 0 Å². The third-order valence-corrected chi connectivity index (χ3v) is 3.92. The minimum atomic E-state index is 0.338. The Morgan fingerprint density at radius 3 is 2.81 bits per heavy atom. The van der Waals surface area contributed by atoms with Gasteiger partial charge in [-0.15, -0.1) is 0 Å². The highest BCUT2D eigenvalue weighted by molar-refractivity contribution is 4.89. The van der Waals surface area contributed by atoms with E-state index in [1.54, 1.807) is 0 Å². The van der Waals surface area contributed by atoms with Crippen LogP contribution in [0.4, 0.5) is 0 Å². The van der Waals surface area contributed by atoms with Gasteiger partial charge in [-0.05, 0) is 39.2 Å². The highest BCUT2D eigenvalue weighted by Crippen LogP contribution is 2.37. The molecule has 0 radical (unpaired) electrons. The molecule has 94 valence electrons. The molecule has 3 atom stereocenters. The summed E-state index contributed by atoms with van der Waals surface area (Å²) in [6.45, 7) is 8.31. The summed E-state index contributed by atoms with van der Waals surface area (Å²) in [5.74, 6) is 0. The zero-order valence-corrected chi connectivity index (χ0v) is 10.6. The topological polar surface area (TPSA) is 30.5 Å². The molecule has 0 aromatic carbocycles. The molecule has 0 aliphatic carbocycles. The highest BCUT2D eigenvalue weighted by atomic mass is 16.5. The van der Waals surface area contributed by atoms with Crippen molar-refractivity contribution in [2.75, 3.05) is 26.3 Å². The van der Waals surface area contributed by atoms with E-state index in [2.05, 4.69) is 19.2 Å². The van der Waals surface area contributed by atoms with Crippen molar-refractivity contribution < 1.29 is 9.47 Å². The Balaban J connectivity index is 1.86. The number of hydrogen-bond acceptors (Lipinski definition) is 3. The lowest BCUT2D eigenvalue weighted by atomic mass is 9.81. The largest absolute Gasteiger partial charge is 0.381 e. The van der Waals surface area contributed by atoms with Crippen molar-refractivity contribution >= 4 is 0 Å². The second-order valence-electron chi connectivity index (χ2n) is 5.43. The molecule has 2 fully saturated rings. The fourth-order valence-corrected chi connectivity index (χ4v) is 2.93. The van der Waals surface area contributed by atoms with Gasteiger partial charge in [0.25, 0.3) is 0 Å². The van der Waals surface area contributed by atoms with Gasteiger partial charge in [0, 0.05) is 18.6 Å². The van der Waals surface area contributed by atoms with E-state index < -0.39 is 0 Å². The molecule has 2 aliphatic rings. The minimum Gasteiger partial charge on any atom is -0.381 e. The molecule has 2 heterocycles. The third kappa shape index (κ3) is 2.96. The summed E-state index contributed by atoms with van der Waals surface area (Å²) in [6.07, 6.45) is 5.75. The van der Waals surface area contributed by atoms with Gasteiger partial charge in [0.05, 0.1) is 18.8 Å². The molecule has 16 heavy (non-hydrogen) atoms. The molecule has 3 heteroatoms. The van der Waals surface area contributed by atoms with Crippen molar-refractivity contribution in [2.24, 2.45) is 5.41 Å². The molecule has 2 saturated heterocycles. The maximum Gasteiger partial charge on any atom is 0.0586 e. The van der Waals surface area contributed by atoms with Crippen molar-refractivity contribution in [1.82, 2.24) is 5.32 Å². The first-order valence-corrected chi connectivity index (χ1v) is 6.68. The molecule has 0 saturated carbocycles. The second-order valence-corrected chi connectivity index (χ2v) is 5.43. The Morgan fingerprint density at radius 1 is 1.38 bits per heavy atom. The van der Waals surface area contributed by atoms with Crippen molar-refractivity contribution in [1.29, 1.82) is 0 Å². The SMILES string of the molecule is CCNCC1(CC2CCC(C)O2)CCOC1. The maximum absolute atomic E-state index is 5.94. The second kappa shape index (κ2) is 5.48. The Bertz CT molecular complexity index is 214. The summed E-state index contributed by atoms with van der Waals surface area (Å²) in [6, 6.07) is 0. The lowest BCUT2D eigenvalue weighted by molar-refractivity contribution is 0.0178. The quantitative estimate of drug-likeness (QED) is 0.779. The van der Waals surface area contributed by atoms with Gasteiger partial charge in [-0.3, -0.25) is 0 Å². The van der Waals surface area contributed by atoms with Gasteiger partial charge in [-0.2, -0.15) is 0 Å². The molecule has 3 nitrogen and oxygen atoms in total. The van der Waals surface area contributed by atoms with Crippen LogP contribution in [0.5, 0.6) is 0 Å². The summed E-state index contributed by atoms with van der Waals surface area (Å²) in [5.41, 5.74) is 0.338. The minimum absolute atomic E-state index is 0.338. The lowest BCUT2D eigenvalue weighted by Crippen LogP contribution is -2.37. The van der Waals surface area contributed by atoms with E-state index in [4.69, 9.17) is 9.47 Å². The summed E-state index contributed by atoms with van der Waals surface area (Å²) >= 11 is 0. The van der Waals surface area contributed by atoms with Crippen LogP contribution in [0.25, 0.3) is 0 Å². The van der Waals surface area contributed by atoms with E-state index in [0.717, 1.165) is 26.3 Å². The molecule has 2 aliphatic heterocycles. The average Bonchev–Trinajstić information content (AvgIpc) is 2.87. The number of rotatable bonds is 5. The van der Waals surface area contributed by atoms with E-state index in [9.17, 15) is 0 Å². The van der Waals surface area contributed by atoms with Gasteiger partial charge >= 0.3 is 0 Å². The molecule has 3 unspecified atom stereocenters. The van der Waals surface area contributed by atoms with Crippen molar-refractivity contribution in [2.45, 2.75) is 51.7 Å². The smallest absolute Gasteiger partial charge is 0.0586 e. The molecule has 0 aromatic rings. The van der Waals surface area contributed by atoms with Gasteiger partial charge in [0.2, 0.25) is 0 Å². The van der Waals surface area contributed by atoms with Crippen LogP contribution < -0.4 is 5.32 Å². The fourth-order valence-electron chi connectivity index (χ4n) is 2.93. The summed E-state index contributed by atoms with van der Waals surface area (Å²) < 4.78 is 11.5. The number of nitrogens with one attached hydrogen (secondary N) is 1. The van der Waals surface area contributed by atoms with Crippen molar-refractivity contribution in [3.05, 3.63) is 0 Å². The number of ether oxygens (including phenoxy) is 2. The van der Waals surface area contributed by atoms with Crippen LogP contribution in [0.1, 0.15) is 39.5 Å². The third-order valence-electron chi connectivity index (χ3n) is 3.92. The highest BCUT2D eigenvalue weighted by Gasteiger charge is 2.38. The van der Waals surface area contributed by atoms with Crippen LogP contribution in [0, 0.1) is 5.41 Å². The van der Waals surface area contributed by atoms with Crippen molar-refractivity contribution in [3.8, 4) is 0 Å². The number of hydrogen-bond donors (Lipinski definition) is 1. The average molecular weight is 227 g/mol.